The summed E-state index contributed by atoms with van der Waals surface area (Å²) in [5.74, 6) is -1.19. The Labute approximate surface area is 138 Å². The van der Waals surface area contributed by atoms with Crippen molar-refractivity contribution in [2.75, 3.05) is 0 Å². The standard InChI is InChI=1S/C19H26O4/c1-4-6-15(7-5-2)22-19(21)16-12-17(20)23-18(16)14-10-8-13(3)9-11-14/h8-11,15-16,18H,4-7,12H2,1-3H3/t16-,18+/m0/s1. The number of carbonyl (C=O) groups excluding carboxylic acids is 2. The van der Waals surface area contributed by atoms with Gasteiger partial charge >= 0.3 is 11.9 Å². The highest BCUT2D eigenvalue weighted by Crippen LogP contribution is 2.36. The zero-order valence-electron chi connectivity index (χ0n) is 14.2. The molecular formula is C19H26O4. The summed E-state index contributed by atoms with van der Waals surface area (Å²) in [4.78, 5) is 24.3. The summed E-state index contributed by atoms with van der Waals surface area (Å²) in [7, 11) is 0. The lowest BCUT2D eigenvalue weighted by Crippen LogP contribution is -2.26. The first-order chi connectivity index (χ1) is 11.0. The lowest BCUT2D eigenvalue weighted by atomic mass is 9.94. The molecule has 1 aromatic rings. The number of benzene rings is 1. The predicted molar refractivity (Wildman–Crippen MR) is 87.8 cm³/mol. The summed E-state index contributed by atoms with van der Waals surface area (Å²) in [6, 6.07) is 7.74. The average Bonchev–Trinajstić information content (AvgIpc) is 2.90. The molecule has 4 nitrogen and oxygen atoms in total. The Morgan fingerprint density at radius 2 is 1.83 bits per heavy atom. The zero-order chi connectivity index (χ0) is 16.8. The number of hydrogen-bond acceptors (Lipinski definition) is 4. The topological polar surface area (TPSA) is 52.6 Å². The Morgan fingerprint density at radius 3 is 2.39 bits per heavy atom. The van der Waals surface area contributed by atoms with Gasteiger partial charge in [-0.25, -0.2) is 0 Å². The van der Waals surface area contributed by atoms with Crippen molar-refractivity contribution in [1.82, 2.24) is 0 Å². The summed E-state index contributed by atoms with van der Waals surface area (Å²) in [6.45, 7) is 6.15. The molecule has 23 heavy (non-hydrogen) atoms. The first-order valence-electron chi connectivity index (χ1n) is 8.51. The van der Waals surface area contributed by atoms with E-state index in [1.807, 2.05) is 31.2 Å². The van der Waals surface area contributed by atoms with Gasteiger partial charge in [0.2, 0.25) is 0 Å². The van der Waals surface area contributed by atoms with Crippen LogP contribution in [0.4, 0.5) is 0 Å². The third-order valence-electron chi connectivity index (χ3n) is 4.22. The lowest BCUT2D eigenvalue weighted by molar-refractivity contribution is -0.157. The van der Waals surface area contributed by atoms with Gasteiger partial charge in [0.25, 0.3) is 0 Å². The van der Waals surface area contributed by atoms with Crippen LogP contribution in [-0.4, -0.2) is 18.0 Å². The number of esters is 2. The molecule has 4 heteroatoms. The third kappa shape index (κ3) is 4.57. The van der Waals surface area contributed by atoms with E-state index in [9.17, 15) is 9.59 Å². The minimum Gasteiger partial charge on any atom is -0.462 e. The van der Waals surface area contributed by atoms with E-state index in [-0.39, 0.29) is 24.5 Å². The highest BCUT2D eigenvalue weighted by atomic mass is 16.6. The summed E-state index contributed by atoms with van der Waals surface area (Å²) in [5.41, 5.74) is 1.98. The van der Waals surface area contributed by atoms with Gasteiger partial charge in [-0.15, -0.1) is 0 Å². The molecule has 1 aliphatic heterocycles. The second-order valence-corrected chi connectivity index (χ2v) is 6.27. The molecule has 0 bridgehead atoms. The number of ether oxygens (including phenoxy) is 2. The fourth-order valence-electron chi connectivity index (χ4n) is 2.98. The molecule has 1 aliphatic rings. The van der Waals surface area contributed by atoms with Crippen LogP contribution < -0.4 is 0 Å². The Balaban J connectivity index is 2.10. The van der Waals surface area contributed by atoms with Crippen LogP contribution in [0.2, 0.25) is 0 Å². The molecule has 0 saturated carbocycles. The van der Waals surface area contributed by atoms with Crippen LogP contribution in [0.5, 0.6) is 0 Å². The molecule has 0 unspecified atom stereocenters. The average molecular weight is 318 g/mol. The molecule has 1 fully saturated rings. The van der Waals surface area contributed by atoms with E-state index in [4.69, 9.17) is 9.47 Å². The zero-order valence-corrected chi connectivity index (χ0v) is 14.2. The van der Waals surface area contributed by atoms with Gasteiger partial charge in [0.1, 0.15) is 18.1 Å². The highest BCUT2D eigenvalue weighted by Gasteiger charge is 2.42. The van der Waals surface area contributed by atoms with Crippen molar-refractivity contribution in [2.45, 2.75) is 65.1 Å². The normalized spacial score (nSPS) is 20.6. The van der Waals surface area contributed by atoms with Crippen molar-refractivity contribution < 1.29 is 19.1 Å². The Bertz CT molecular complexity index is 529. The molecule has 0 radical (unpaired) electrons. The van der Waals surface area contributed by atoms with Crippen molar-refractivity contribution in [2.24, 2.45) is 5.92 Å². The van der Waals surface area contributed by atoms with Crippen molar-refractivity contribution >= 4 is 11.9 Å². The molecule has 0 aliphatic carbocycles. The maximum Gasteiger partial charge on any atom is 0.313 e. The monoisotopic (exact) mass is 318 g/mol. The number of aryl methyl sites for hydroxylation is 1. The van der Waals surface area contributed by atoms with E-state index in [0.717, 1.165) is 36.8 Å². The van der Waals surface area contributed by atoms with Gasteiger partial charge in [0.05, 0.1) is 6.42 Å². The van der Waals surface area contributed by atoms with Crippen LogP contribution in [0.25, 0.3) is 0 Å². The fraction of sp³-hybridized carbons (Fsp3) is 0.579. The molecule has 0 N–H and O–H groups in total. The lowest BCUT2D eigenvalue weighted by Gasteiger charge is -2.21. The Morgan fingerprint density at radius 1 is 1.22 bits per heavy atom. The van der Waals surface area contributed by atoms with Gasteiger partial charge in [-0.3, -0.25) is 9.59 Å². The van der Waals surface area contributed by atoms with Gasteiger partial charge < -0.3 is 9.47 Å². The van der Waals surface area contributed by atoms with Crippen molar-refractivity contribution in [3.8, 4) is 0 Å². The van der Waals surface area contributed by atoms with Gasteiger partial charge in [-0.1, -0.05) is 56.5 Å². The van der Waals surface area contributed by atoms with Crippen LogP contribution in [0.1, 0.15) is 63.2 Å². The third-order valence-corrected chi connectivity index (χ3v) is 4.22. The minimum atomic E-state index is -0.540. The summed E-state index contributed by atoms with van der Waals surface area (Å²) < 4.78 is 11.1. The maximum absolute atomic E-state index is 12.5. The number of cyclic esters (lactones) is 1. The quantitative estimate of drug-likeness (QED) is 0.710. The van der Waals surface area contributed by atoms with E-state index in [2.05, 4.69) is 13.8 Å². The van der Waals surface area contributed by atoms with Crippen molar-refractivity contribution in [3.63, 3.8) is 0 Å². The molecule has 1 aromatic carbocycles. The van der Waals surface area contributed by atoms with Gasteiger partial charge in [0, 0.05) is 0 Å². The second kappa shape index (κ2) is 8.14. The van der Waals surface area contributed by atoms with E-state index in [1.54, 1.807) is 0 Å². The van der Waals surface area contributed by atoms with Crippen molar-refractivity contribution in [3.05, 3.63) is 35.4 Å². The molecule has 2 atom stereocenters. The molecule has 2 rings (SSSR count). The van der Waals surface area contributed by atoms with Crippen LogP contribution in [0.15, 0.2) is 24.3 Å². The summed E-state index contributed by atoms with van der Waals surface area (Å²) in [6.07, 6.45) is 3.17. The number of carbonyl (C=O) groups is 2. The van der Waals surface area contributed by atoms with Gasteiger partial charge in [-0.2, -0.15) is 0 Å². The van der Waals surface area contributed by atoms with Gasteiger partial charge in [-0.05, 0) is 25.3 Å². The van der Waals surface area contributed by atoms with Crippen LogP contribution in [0.3, 0.4) is 0 Å². The molecular weight excluding hydrogens is 292 g/mol. The van der Waals surface area contributed by atoms with E-state index >= 15 is 0 Å². The fourth-order valence-corrected chi connectivity index (χ4v) is 2.98. The first kappa shape index (κ1) is 17.5. The van der Waals surface area contributed by atoms with Crippen LogP contribution in [-0.2, 0) is 19.1 Å². The molecule has 0 amide bonds. The van der Waals surface area contributed by atoms with E-state index in [1.165, 1.54) is 0 Å². The second-order valence-electron chi connectivity index (χ2n) is 6.27. The molecule has 1 heterocycles. The summed E-state index contributed by atoms with van der Waals surface area (Å²) in [5, 5.41) is 0. The Hall–Kier alpha value is -1.84. The SMILES string of the molecule is CCCC(CCC)OC(=O)[C@H]1CC(=O)O[C@@H]1c1ccc(C)cc1. The van der Waals surface area contributed by atoms with E-state index < -0.39 is 12.0 Å². The molecule has 0 spiro atoms. The molecule has 1 saturated heterocycles. The first-order valence-corrected chi connectivity index (χ1v) is 8.51. The minimum absolute atomic E-state index is 0.0631. The number of hydrogen-bond donors (Lipinski definition) is 0. The van der Waals surface area contributed by atoms with Crippen LogP contribution >= 0.6 is 0 Å². The summed E-state index contributed by atoms with van der Waals surface area (Å²) >= 11 is 0. The highest BCUT2D eigenvalue weighted by molar-refractivity contribution is 5.84. The molecule has 126 valence electrons. The Kier molecular flexibility index (Phi) is 6.20. The smallest absolute Gasteiger partial charge is 0.313 e. The van der Waals surface area contributed by atoms with E-state index in [0.29, 0.717) is 0 Å². The maximum atomic E-state index is 12.5. The predicted octanol–water partition coefficient (Wildman–Crippen LogP) is 4.11. The largest absolute Gasteiger partial charge is 0.462 e. The van der Waals surface area contributed by atoms with Crippen LogP contribution in [0, 0.1) is 12.8 Å². The van der Waals surface area contributed by atoms with Gasteiger partial charge in [0.15, 0.2) is 0 Å². The molecule has 0 aromatic heterocycles. The number of rotatable bonds is 7. The van der Waals surface area contributed by atoms with Crippen molar-refractivity contribution in [1.29, 1.82) is 0 Å².